The quantitative estimate of drug-likeness (QED) is 0.625. The Balaban J connectivity index is 1.78. The summed E-state index contributed by atoms with van der Waals surface area (Å²) in [6.45, 7) is 11.7. The van der Waals surface area contributed by atoms with E-state index in [1.54, 1.807) is 0 Å². The van der Waals surface area contributed by atoms with Crippen molar-refractivity contribution in [3.05, 3.63) is 23.8 Å². The second-order valence-electron chi connectivity index (χ2n) is 7.82. The van der Waals surface area contributed by atoms with Gasteiger partial charge in [-0.3, -0.25) is 4.79 Å². The highest BCUT2D eigenvalue weighted by Crippen LogP contribution is 2.37. The number of nitrogens with zero attached hydrogens (tertiary/aromatic N) is 1. The van der Waals surface area contributed by atoms with E-state index in [1.807, 2.05) is 0 Å². The number of anilines is 1. The van der Waals surface area contributed by atoms with Gasteiger partial charge in [0.2, 0.25) is 0 Å². The summed E-state index contributed by atoms with van der Waals surface area (Å²) < 4.78 is 17.1. The molecule has 130 valence electrons. The first-order valence-corrected chi connectivity index (χ1v) is 8.43. The van der Waals surface area contributed by atoms with Crippen LogP contribution in [0.3, 0.4) is 0 Å². The van der Waals surface area contributed by atoms with Gasteiger partial charge in [0.15, 0.2) is 0 Å². The van der Waals surface area contributed by atoms with Gasteiger partial charge in [-0.25, -0.2) is 0 Å². The highest BCUT2D eigenvalue weighted by molar-refractivity contribution is 6.62. The molecule has 3 rings (SSSR count). The van der Waals surface area contributed by atoms with Gasteiger partial charge in [0.25, 0.3) is 0 Å². The van der Waals surface area contributed by atoms with Crippen molar-refractivity contribution in [3.63, 3.8) is 0 Å². The van der Waals surface area contributed by atoms with Crippen LogP contribution in [0.4, 0.5) is 5.69 Å². The molecule has 2 aliphatic rings. The van der Waals surface area contributed by atoms with E-state index in [2.05, 4.69) is 57.7 Å². The molecular weight excluding hydrogens is 305 g/mol. The number of benzene rings is 1. The molecule has 1 aromatic rings. The molecule has 2 heterocycles. The number of hydrogen-bond donors (Lipinski definition) is 0. The minimum Gasteiger partial charge on any atom is -0.469 e. The van der Waals surface area contributed by atoms with E-state index in [1.165, 1.54) is 7.11 Å². The predicted octanol–water partition coefficient (Wildman–Crippen LogP) is 1.90. The van der Waals surface area contributed by atoms with Crippen molar-refractivity contribution in [1.29, 1.82) is 0 Å². The van der Waals surface area contributed by atoms with Crippen LogP contribution in [0.1, 0.15) is 33.3 Å². The fourth-order valence-corrected chi connectivity index (χ4v) is 3.09. The van der Waals surface area contributed by atoms with Crippen LogP contribution < -0.4 is 10.4 Å². The SMILES string of the molecule is COC(=O)C1CN(c2cc(C)cc(B3OC(C)(C)C(C)(C)O3)c2)C1. The Bertz CT molecular complexity index is 636. The summed E-state index contributed by atoms with van der Waals surface area (Å²) in [7, 11) is 1.07. The molecule has 0 unspecified atom stereocenters. The Labute approximate surface area is 144 Å². The van der Waals surface area contributed by atoms with E-state index in [9.17, 15) is 4.79 Å². The standard InChI is InChI=1S/C18H26BNO4/c1-12-7-14(19-23-17(2,3)18(4,5)24-19)9-15(8-12)20-10-13(11-20)16(21)22-6/h7-9,13H,10-11H2,1-6H3. The van der Waals surface area contributed by atoms with Gasteiger partial charge in [0.05, 0.1) is 24.2 Å². The summed E-state index contributed by atoms with van der Waals surface area (Å²) in [5.41, 5.74) is 2.56. The number of methoxy groups -OCH3 is 1. The number of esters is 1. The number of carbonyl (C=O) groups excluding carboxylic acids is 1. The Hall–Kier alpha value is -1.53. The average Bonchev–Trinajstić information content (AvgIpc) is 2.65. The average molecular weight is 331 g/mol. The minimum atomic E-state index is -0.369. The van der Waals surface area contributed by atoms with Crippen molar-refractivity contribution >= 4 is 24.2 Å². The lowest BCUT2D eigenvalue weighted by atomic mass is 9.78. The number of rotatable bonds is 3. The molecule has 0 aromatic heterocycles. The Morgan fingerprint density at radius 2 is 1.75 bits per heavy atom. The van der Waals surface area contributed by atoms with E-state index in [0.717, 1.165) is 16.7 Å². The van der Waals surface area contributed by atoms with Crippen LogP contribution in [0.25, 0.3) is 0 Å². The zero-order chi connectivity index (χ0) is 17.7. The lowest BCUT2D eigenvalue weighted by molar-refractivity contribution is -0.146. The minimum absolute atomic E-state index is 0.0317. The van der Waals surface area contributed by atoms with Crippen molar-refractivity contribution in [1.82, 2.24) is 0 Å². The van der Waals surface area contributed by atoms with Crippen LogP contribution in [-0.2, 0) is 18.8 Å². The van der Waals surface area contributed by atoms with Crippen molar-refractivity contribution < 1.29 is 18.8 Å². The van der Waals surface area contributed by atoms with E-state index in [4.69, 9.17) is 14.0 Å². The van der Waals surface area contributed by atoms with E-state index < -0.39 is 0 Å². The third kappa shape index (κ3) is 2.93. The predicted molar refractivity (Wildman–Crippen MR) is 94.6 cm³/mol. The Morgan fingerprint density at radius 3 is 2.29 bits per heavy atom. The molecule has 0 bridgehead atoms. The second kappa shape index (κ2) is 5.78. The van der Waals surface area contributed by atoms with Crippen molar-refractivity contribution in [2.45, 2.75) is 45.8 Å². The first kappa shape index (κ1) is 17.3. The van der Waals surface area contributed by atoms with E-state index >= 15 is 0 Å². The van der Waals surface area contributed by atoms with E-state index in [-0.39, 0.29) is 30.2 Å². The van der Waals surface area contributed by atoms with Gasteiger partial charge < -0.3 is 18.9 Å². The fourth-order valence-electron chi connectivity index (χ4n) is 3.09. The summed E-state index contributed by atoms with van der Waals surface area (Å²) in [4.78, 5) is 13.8. The van der Waals surface area contributed by atoms with Crippen molar-refractivity contribution in [3.8, 4) is 0 Å². The van der Waals surface area contributed by atoms with Crippen LogP contribution in [0.15, 0.2) is 18.2 Å². The molecule has 1 aromatic carbocycles. The van der Waals surface area contributed by atoms with Crippen molar-refractivity contribution in [2.75, 3.05) is 25.1 Å². The van der Waals surface area contributed by atoms with Gasteiger partial charge in [-0.15, -0.1) is 0 Å². The number of ether oxygens (including phenoxy) is 1. The maximum Gasteiger partial charge on any atom is 0.494 e. The first-order valence-electron chi connectivity index (χ1n) is 8.43. The Kier molecular flexibility index (Phi) is 4.17. The summed E-state index contributed by atoms with van der Waals surface area (Å²) in [6, 6.07) is 6.33. The number of carbonyl (C=O) groups is 1. The summed E-state index contributed by atoms with van der Waals surface area (Å²) >= 11 is 0. The van der Waals surface area contributed by atoms with Gasteiger partial charge in [-0.05, 0) is 57.8 Å². The van der Waals surface area contributed by atoms with Crippen LogP contribution in [0.2, 0.25) is 0 Å². The van der Waals surface area contributed by atoms with Crippen LogP contribution in [-0.4, -0.2) is 44.5 Å². The lowest BCUT2D eigenvalue weighted by Gasteiger charge is -2.39. The largest absolute Gasteiger partial charge is 0.494 e. The molecule has 5 nitrogen and oxygen atoms in total. The highest BCUT2D eigenvalue weighted by atomic mass is 16.7. The van der Waals surface area contributed by atoms with Gasteiger partial charge >= 0.3 is 13.1 Å². The molecule has 0 aliphatic carbocycles. The molecule has 0 spiro atoms. The molecule has 2 aliphatic heterocycles. The van der Waals surface area contributed by atoms with Crippen LogP contribution >= 0.6 is 0 Å². The topological polar surface area (TPSA) is 48.0 Å². The zero-order valence-electron chi connectivity index (χ0n) is 15.4. The molecule has 0 N–H and O–H groups in total. The number of hydrogen-bond acceptors (Lipinski definition) is 5. The highest BCUT2D eigenvalue weighted by Gasteiger charge is 2.51. The van der Waals surface area contributed by atoms with Crippen LogP contribution in [0.5, 0.6) is 0 Å². The molecule has 2 saturated heterocycles. The third-order valence-electron chi connectivity index (χ3n) is 5.39. The summed E-state index contributed by atoms with van der Waals surface area (Å²) in [6.07, 6.45) is 0. The fraction of sp³-hybridized carbons (Fsp3) is 0.611. The van der Waals surface area contributed by atoms with Crippen molar-refractivity contribution in [2.24, 2.45) is 5.92 Å². The first-order chi connectivity index (χ1) is 11.1. The molecule has 0 saturated carbocycles. The zero-order valence-corrected chi connectivity index (χ0v) is 15.4. The molecule has 0 amide bonds. The Morgan fingerprint density at radius 1 is 1.17 bits per heavy atom. The summed E-state index contributed by atoms with van der Waals surface area (Å²) in [5.74, 6) is -0.166. The normalized spacial score (nSPS) is 22.4. The number of aryl methyl sites for hydroxylation is 1. The smallest absolute Gasteiger partial charge is 0.469 e. The maximum atomic E-state index is 11.6. The molecule has 2 fully saturated rings. The maximum absolute atomic E-state index is 11.6. The lowest BCUT2D eigenvalue weighted by Crippen LogP contribution is -2.51. The molecular formula is C18H26BNO4. The van der Waals surface area contributed by atoms with Gasteiger partial charge in [0.1, 0.15) is 0 Å². The third-order valence-corrected chi connectivity index (χ3v) is 5.39. The molecule has 0 radical (unpaired) electrons. The van der Waals surface area contributed by atoms with Crippen LogP contribution in [0, 0.1) is 12.8 Å². The van der Waals surface area contributed by atoms with Gasteiger partial charge in [-0.1, -0.05) is 6.07 Å². The second-order valence-corrected chi connectivity index (χ2v) is 7.82. The summed E-state index contributed by atoms with van der Waals surface area (Å²) in [5, 5.41) is 0. The van der Waals surface area contributed by atoms with E-state index in [0.29, 0.717) is 13.1 Å². The molecule has 24 heavy (non-hydrogen) atoms. The van der Waals surface area contributed by atoms with Gasteiger partial charge in [-0.2, -0.15) is 0 Å². The van der Waals surface area contributed by atoms with Gasteiger partial charge in [0, 0.05) is 18.8 Å². The molecule has 0 atom stereocenters. The molecule has 6 heteroatoms. The monoisotopic (exact) mass is 331 g/mol.